The fourth-order valence-corrected chi connectivity index (χ4v) is 4.72. The highest BCUT2D eigenvalue weighted by atomic mass is 35.5. The number of anilines is 2. The van der Waals surface area contributed by atoms with E-state index in [0.29, 0.717) is 27.7 Å². The van der Waals surface area contributed by atoms with Crippen LogP contribution < -0.4 is 20.3 Å². The summed E-state index contributed by atoms with van der Waals surface area (Å²) in [7, 11) is 3.00. The third-order valence-corrected chi connectivity index (χ3v) is 7.18. The number of fused-ring (bicyclic) bond motifs is 1. The third-order valence-electron chi connectivity index (χ3n) is 6.41. The highest BCUT2D eigenvalue weighted by Gasteiger charge is 2.19. The summed E-state index contributed by atoms with van der Waals surface area (Å²) in [6.45, 7) is 1.67. The van der Waals surface area contributed by atoms with Gasteiger partial charge in [-0.15, -0.1) is 12.4 Å². The first-order chi connectivity index (χ1) is 20.7. The van der Waals surface area contributed by atoms with Crippen LogP contribution >= 0.6 is 35.6 Å². The maximum absolute atomic E-state index is 12.9. The Balaban J connectivity index is 0.00000529. The van der Waals surface area contributed by atoms with Crippen LogP contribution in [0.2, 0.25) is 10.0 Å². The number of aryl methyl sites for hydroxylation is 1. The molecule has 4 rings (SSSR count). The highest BCUT2D eigenvalue weighted by molar-refractivity contribution is 6.38. The number of carbonyl (C=O) groups is 3. The van der Waals surface area contributed by atoms with E-state index < -0.39 is 5.91 Å². The molecule has 3 aromatic carbocycles. The summed E-state index contributed by atoms with van der Waals surface area (Å²) in [5.74, 6) is -0.515. The minimum atomic E-state index is -0.450. The maximum Gasteiger partial charge on any atom is 0.250 e. The number of nitrogens with one attached hydrogen (secondary N) is 2. The Morgan fingerprint density at radius 3 is 2.48 bits per heavy atom. The minimum Gasteiger partial charge on any atom is -0.487 e. The molecule has 0 fully saturated rings. The first-order valence-electron chi connectivity index (χ1n) is 13.2. The van der Waals surface area contributed by atoms with Crippen LogP contribution in [0.5, 0.6) is 5.75 Å². The predicted molar refractivity (Wildman–Crippen MR) is 177 cm³/mol. The van der Waals surface area contributed by atoms with E-state index >= 15 is 0 Å². The van der Waals surface area contributed by atoms with Crippen molar-refractivity contribution >= 4 is 81.7 Å². The van der Waals surface area contributed by atoms with E-state index in [2.05, 4.69) is 15.6 Å². The van der Waals surface area contributed by atoms with E-state index in [9.17, 15) is 14.4 Å². The second-order valence-corrected chi connectivity index (χ2v) is 10.3. The zero-order chi connectivity index (χ0) is 30.9. The molecule has 1 heterocycles. The van der Waals surface area contributed by atoms with E-state index in [-0.39, 0.29) is 49.0 Å². The Hall–Kier alpha value is -4.15. The average molecular weight is 658 g/mol. The van der Waals surface area contributed by atoms with Crippen molar-refractivity contribution in [2.45, 2.75) is 13.5 Å². The van der Waals surface area contributed by atoms with Crippen LogP contribution in [0.3, 0.4) is 0 Å². The molecule has 0 aliphatic heterocycles. The normalized spacial score (nSPS) is 10.8. The number of hydrogen-bond acceptors (Lipinski definition) is 6. The largest absolute Gasteiger partial charge is 0.487 e. The van der Waals surface area contributed by atoms with Gasteiger partial charge < -0.3 is 25.0 Å². The number of ether oxygens (including phenoxy) is 2. The van der Waals surface area contributed by atoms with Gasteiger partial charge in [-0.1, -0.05) is 53.5 Å². The van der Waals surface area contributed by atoms with Gasteiger partial charge in [0.25, 0.3) is 0 Å². The monoisotopic (exact) mass is 656 g/mol. The van der Waals surface area contributed by atoms with Gasteiger partial charge in [-0.2, -0.15) is 0 Å². The van der Waals surface area contributed by atoms with Crippen molar-refractivity contribution in [3.8, 4) is 5.75 Å². The van der Waals surface area contributed by atoms with Gasteiger partial charge in [-0.25, -0.2) is 4.98 Å². The van der Waals surface area contributed by atoms with Gasteiger partial charge in [0, 0.05) is 47.6 Å². The molecular weight excluding hydrogens is 627 g/mol. The van der Waals surface area contributed by atoms with E-state index in [1.165, 1.54) is 18.1 Å². The van der Waals surface area contributed by atoms with Gasteiger partial charge in [0.05, 0.1) is 17.3 Å². The molecule has 9 nitrogen and oxygen atoms in total. The molecule has 12 heteroatoms. The number of pyridine rings is 1. The highest BCUT2D eigenvalue weighted by Crippen LogP contribution is 2.35. The van der Waals surface area contributed by atoms with Gasteiger partial charge in [0.2, 0.25) is 17.7 Å². The summed E-state index contributed by atoms with van der Waals surface area (Å²) in [5, 5.41) is 6.87. The zero-order valence-electron chi connectivity index (χ0n) is 24.2. The van der Waals surface area contributed by atoms with Gasteiger partial charge in [0.1, 0.15) is 24.5 Å². The number of para-hydroxylation sites is 1. The number of rotatable bonds is 11. The van der Waals surface area contributed by atoms with Crippen molar-refractivity contribution in [1.29, 1.82) is 0 Å². The molecule has 0 atom stereocenters. The lowest BCUT2D eigenvalue weighted by molar-refractivity contribution is -0.122. The molecule has 0 spiro atoms. The molecule has 0 aliphatic carbocycles. The predicted octanol–water partition coefficient (Wildman–Crippen LogP) is 6.23. The molecule has 0 bridgehead atoms. The Kier molecular flexibility index (Phi) is 12.5. The summed E-state index contributed by atoms with van der Waals surface area (Å²) in [6, 6.07) is 19.8. The number of likely N-dealkylation sites (N-methyl/N-ethyl adjacent to an activating group) is 1. The number of aromatic nitrogens is 1. The molecule has 4 aromatic rings. The quantitative estimate of drug-likeness (QED) is 0.185. The molecule has 0 radical (unpaired) electrons. The molecule has 0 aliphatic rings. The standard InChI is InChI=1S/C32H30Cl2N4O5.ClH/c1-20-7-11-22-5-4-6-27(32(22)36-20)43-18-24-25(33)14-15-26(31(24)34)38(2)30(41)17-35-28(39)16-10-21-8-12-23(13-9-21)37-29(40)19-42-3;/h4-16H,17-19H2,1-3H3,(H,35,39)(H,37,40);1H/b16-10+;. The first kappa shape index (κ1) is 34.3. The molecule has 0 saturated carbocycles. The Bertz CT molecular complexity index is 1680. The number of halogens is 3. The molecule has 0 unspecified atom stereocenters. The van der Waals surface area contributed by atoms with E-state index in [1.807, 2.05) is 37.3 Å². The first-order valence-corrected chi connectivity index (χ1v) is 14.0. The lowest BCUT2D eigenvalue weighted by Gasteiger charge is -2.21. The number of carbonyl (C=O) groups excluding carboxylic acids is 3. The Morgan fingerprint density at radius 2 is 1.75 bits per heavy atom. The Labute approximate surface area is 271 Å². The fraction of sp³-hybridized carbons (Fsp3) is 0.188. The van der Waals surface area contributed by atoms with Crippen LogP contribution in [-0.2, 0) is 25.7 Å². The summed E-state index contributed by atoms with van der Waals surface area (Å²) in [4.78, 5) is 42.8. The average Bonchev–Trinajstić information content (AvgIpc) is 2.99. The van der Waals surface area contributed by atoms with Gasteiger partial charge in [-0.05, 0) is 55.0 Å². The molecule has 0 saturated heterocycles. The SMILES string of the molecule is COCC(=O)Nc1ccc(/C=C/C(=O)NCC(=O)N(C)c2ccc(Cl)c(COc3cccc4ccc(C)nc34)c2Cl)cc1.Cl. The van der Waals surface area contributed by atoms with E-state index in [1.54, 1.807) is 49.5 Å². The minimum absolute atomic E-state index is 0. The maximum atomic E-state index is 12.9. The topological polar surface area (TPSA) is 110 Å². The number of nitrogens with zero attached hydrogens (tertiary/aromatic N) is 2. The molecule has 2 N–H and O–H groups in total. The summed E-state index contributed by atoms with van der Waals surface area (Å²) in [6.07, 6.45) is 2.92. The molecular formula is C32H31Cl3N4O5. The second-order valence-electron chi connectivity index (χ2n) is 9.54. The summed E-state index contributed by atoms with van der Waals surface area (Å²) >= 11 is 13.2. The number of amides is 3. The summed E-state index contributed by atoms with van der Waals surface area (Å²) < 4.78 is 10.9. The number of hydrogen-bond donors (Lipinski definition) is 2. The third kappa shape index (κ3) is 8.93. The van der Waals surface area contributed by atoms with Crippen molar-refractivity contribution < 1.29 is 23.9 Å². The second kappa shape index (κ2) is 16.1. The zero-order valence-corrected chi connectivity index (χ0v) is 26.6. The lowest BCUT2D eigenvalue weighted by atomic mass is 10.1. The van der Waals surface area contributed by atoms with Crippen molar-refractivity contribution in [2.75, 3.05) is 37.5 Å². The molecule has 3 amide bonds. The molecule has 230 valence electrons. The fourth-order valence-electron chi connectivity index (χ4n) is 4.11. The van der Waals surface area contributed by atoms with Crippen molar-refractivity contribution in [2.24, 2.45) is 0 Å². The van der Waals surface area contributed by atoms with Crippen molar-refractivity contribution in [1.82, 2.24) is 10.3 Å². The van der Waals surface area contributed by atoms with Crippen LogP contribution in [-0.4, -0.2) is 50.0 Å². The Morgan fingerprint density at radius 1 is 1.00 bits per heavy atom. The number of methoxy groups -OCH3 is 1. The van der Waals surface area contributed by atoms with Crippen molar-refractivity contribution in [3.05, 3.63) is 99.7 Å². The smallest absolute Gasteiger partial charge is 0.250 e. The lowest BCUT2D eigenvalue weighted by Crippen LogP contribution is -2.37. The van der Waals surface area contributed by atoms with Crippen LogP contribution in [0.1, 0.15) is 16.8 Å². The number of benzene rings is 3. The molecule has 1 aromatic heterocycles. The van der Waals surface area contributed by atoms with Gasteiger partial charge >= 0.3 is 0 Å². The van der Waals surface area contributed by atoms with Gasteiger partial charge in [0.15, 0.2) is 0 Å². The van der Waals surface area contributed by atoms with Crippen LogP contribution in [0, 0.1) is 6.92 Å². The van der Waals surface area contributed by atoms with Crippen LogP contribution in [0.4, 0.5) is 11.4 Å². The van der Waals surface area contributed by atoms with Crippen molar-refractivity contribution in [3.63, 3.8) is 0 Å². The van der Waals surface area contributed by atoms with E-state index in [0.717, 1.165) is 22.2 Å². The molecule has 44 heavy (non-hydrogen) atoms. The van der Waals surface area contributed by atoms with Crippen LogP contribution in [0.25, 0.3) is 17.0 Å². The van der Waals surface area contributed by atoms with E-state index in [4.69, 9.17) is 32.7 Å². The summed E-state index contributed by atoms with van der Waals surface area (Å²) in [5.41, 5.74) is 3.87. The van der Waals surface area contributed by atoms with Crippen LogP contribution in [0.15, 0.2) is 72.8 Å². The van der Waals surface area contributed by atoms with Gasteiger partial charge in [-0.3, -0.25) is 14.4 Å².